The molecule has 4 aliphatic rings. The summed E-state index contributed by atoms with van der Waals surface area (Å²) in [5.74, 6) is 2.02. The summed E-state index contributed by atoms with van der Waals surface area (Å²) in [6.45, 7) is 8.91. The summed E-state index contributed by atoms with van der Waals surface area (Å²) in [5.41, 5.74) is 2.49. The minimum absolute atomic E-state index is 0.128. The number of hydrogen-bond donors (Lipinski definition) is 0. The fraction of sp³-hybridized carbons (Fsp3) is 0.714. The maximum Gasteiger partial charge on any atom is 0.184 e. The number of ketones is 2. The van der Waals surface area contributed by atoms with Gasteiger partial charge in [-0.15, -0.1) is 0 Å². The Morgan fingerprint density at radius 3 is 2.64 bits per heavy atom. The number of rotatable bonds is 2. The van der Waals surface area contributed by atoms with Crippen molar-refractivity contribution in [3.63, 3.8) is 0 Å². The van der Waals surface area contributed by atoms with E-state index >= 15 is 0 Å². The molecule has 0 aliphatic heterocycles. The molecular formula is C21H30O3Si. The second-order valence-electron chi connectivity index (χ2n) is 9.69. The van der Waals surface area contributed by atoms with Crippen LogP contribution in [0.25, 0.3) is 0 Å². The van der Waals surface area contributed by atoms with E-state index in [1.165, 1.54) is 11.1 Å². The van der Waals surface area contributed by atoms with Crippen molar-refractivity contribution in [2.45, 2.75) is 71.2 Å². The van der Waals surface area contributed by atoms with Gasteiger partial charge in [0.15, 0.2) is 8.32 Å². The first-order valence-corrected chi connectivity index (χ1v) is 13.2. The predicted octanol–water partition coefficient (Wildman–Crippen LogP) is 4.45. The van der Waals surface area contributed by atoms with Gasteiger partial charge in [-0.25, -0.2) is 0 Å². The maximum atomic E-state index is 12.7. The molecule has 3 unspecified atom stereocenters. The SMILES string of the molecule is C[C@]12C[C@@H](O[Si](C)(C)C)C3C4=C(C=CC3C1CCC2=O)CC(=O)CC4. The Balaban J connectivity index is 1.76. The van der Waals surface area contributed by atoms with Crippen LogP contribution in [0.2, 0.25) is 19.6 Å². The van der Waals surface area contributed by atoms with Crippen LogP contribution in [0.4, 0.5) is 0 Å². The summed E-state index contributed by atoms with van der Waals surface area (Å²) in [7, 11) is -1.71. The normalized spacial score (nSPS) is 40.8. The number of Topliss-reactive ketones (excluding diaryl/α,β-unsaturated/α-hetero) is 2. The smallest absolute Gasteiger partial charge is 0.184 e. The molecule has 3 nitrogen and oxygen atoms in total. The van der Waals surface area contributed by atoms with Crippen LogP contribution < -0.4 is 0 Å². The molecule has 2 saturated carbocycles. The highest BCUT2D eigenvalue weighted by Gasteiger charge is 2.58. The molecule has 4 heteroatoms. The molecule has 0 aromatic heterocycles. The molecule has 0 aromatic carbocycles. The molecule has 0 amide bonds. The third-order valence-electron chi connectivity index (χ3n) is 6.94. The highest BCUT2D eigenvalue weighted by atomic mass is 28.4. The monoisotopic (exact) mass is 358 g/mol. The zero-order valence-corrected chi connectivity index (χ0v) is 16.9. The van der Waals surface area contributed by atoms with Crippen LogP contribution in [-0.2, 0) is 14.0 Å². The van der Waals surface area contributed by atoms with E-state index in [9.17, 15) is 9.59 Å². The lowest BCUT2D eigenvalue weighted by atomic mass is 9.55. The van der Waals surface area contributed by atoms with Gasteiger partial charge >= 0.3 is 0 Å². The first-order chi connectivity index (χ1) is 11.7. The molecular weight excluding hydrogens is 328 g/mol. The number of fused-ring (bicyclic) bond motifs is 4. The molecule has 4 aliphatic carbocycles. The zero-order chi connectivity index (χ0) is 18.0. The third kappa shape index (κ3) is 2.82. The van der Waals surface area contributed by atoms with Gasteiger partial charge in [0.2, 0.25) is 0 Å². The van der Waals surface area contributed by atoms with E-state index < -0.39 is 8.32 Å². The van der Waals surface area contributed by atoms with Crippen molar-refractivity contribution in [1.82, 2.24) is 0 Å². The number of carbonyl (C=O) groups is 2. The van der Waals surface area contributed by atoms with Gasteiger partial charge in [-0.05, 0) is 56.3 Å². The van der Waals surface area contributed by atoms with Crippen LogP contribution in [0.1, 0.15) is 45.4 Å². The van der Waals surface area contributed by atoms with E-state index in [0.717, 1.165) is 25.7 Å². The van der Waals surface area contributed by atoms with Gasteiger partial charge in [-0.1, -0.05) is 24.6 Å². The van der Waals surface area contributed by atoms with E-state index in [4.69, 9.17) is 4.43 Å². The molecule has 0 heterocycles. The third-order valence-corrected chi connectivity index (χ3v) is 7.95. The average molecular weight is 359 g/mol. The van der Waals surface area contributed by atoms with Crippen molar-refractivity contribution in [1.29, 1.82) is 0 Å². The van der Waals surface area contributed by atoms with Crippen LogP contribution in [-0.4, -0.2) is 26.0 Å². The highest BCUT2D eigenvalue weighted by molar-refractivity contribution is 6.69. The fourth-order valence-electron chi connectivity index (χ4n) is 5.93. The second kappa shape index (κ2) is 5.75. The summed E-state index contributed by atoms with van der Waals surface area (Å²) >= 11 is 0. The van der Waals surface area contributed by atoms with Crippen molar-refractivity contribution in [2.24, 2.45) is 23.2 Å². The molecule has 0 N–H and O–H groups in total. The van der Waals surface area contributed by atoms with Crippen LogP contribution in [0.15, 0.2) is 23.3 Å². The summed E-state index contributed by atoms with van der Waals surface area (Å²) in [6.07, 6.45) is 9.42. The van der Waals surface area contributed by atoms with Crippen molar-refractivity contribution in [2.75, 3.05) is 0 Å². The Labute approximate surface area is 152 Å². The molecule has 0 radical (unpaired) electrons. The molecule has 4 rings (SSSR count). The molecule has 0 aromatic rings. The maximum absolute atomic E-state index is 12.7. The quantitative estimate of drug-likeness (QED) is 0.685. The van der Waals surface area contributed by atoms with E-state index in [1.54, 1.807) is 0 Å². The lowest BCUT2D eigenvalue weighted by molar-refractivity contribution is -0.132. The van der Waals surface area contributed by atoms with Gasteiger partial charge in [0.1, 0.15) is 11.6 Å². The lowest BCUT2D eigenvalue weighted by Crippen LogP contribution is -2.53. The van der Waals surface area contributed by atoms with Crippen LogP contribution >= 0.6 is 0 Å². The predicted molar refractivity (Wildman–Crippen MR) is 101 cm³/mol. The van der Waals surface area contributed by atoms with Crippen LogP contribution in [0.5, 0.6) is 0 Å². The van der Waals surface area contributed by atoms with E-state index in [1.807, 2.05) is 0 Å². The number of allylic oxidation sites excluding steroid dienone is 3. The van der Waals surface area contributed by atoms with E-state index in [0.29, 0.717) is 42.2 Å². The van der Waals surface area contributed by atoms with Crippen molar-refractivity contribution in [3.8, 4) is 0 Å². The minimum atomic E-state index is -1.71. The van der Waals surface area contributed by atoms with Gasteiger partial charge in [0.25, 0.3) is 0 Å². The standard InChI is InChI=1S/C21H30O3Si/c1-21-12-18(24-25(2,3)4)20-15-8-6-14(22)11-13(15)5-7-16(20)17(21)9-10-19(21)23/h5,7,16-18,20H,6,8-12H2,1-4H3/t16?,17?,18-,20?,21+/m1/s1. The molecule has 0 saturated heterocycles. The fourth-order valence-corrected chi connectivity index (χ4v) is 7.06. The summed E-state index contributed by atoms with van der Waals surface area (Å²) in [6, 6.07) is 0. The summed E-state index contributed by atoms with van der Waals surface area (Å²) in [4.78, 5) is 24.6. The Morgan fingerprint density at radius 1 is 1.16 bits per heavy atom. The highest BCUT2D eigenvalue weighted by Crippen LogP contribution is 2.59. The molecule has 136 valence electrons. The van der Waals surface area contributed by atoms with Gasteiger partial charge in [-0.2, -0.15) is 0 Å². The zero-order valence-electron chi connectivity index (χ0n) is 15.9. The summed E-state index contributed by atoms with van der Waals surface area (Å²) in [5, 5.41) is 0. The average Bonchev–Trinajstić information content (AvgIpc) is 2.80. The first-order valence-electron chi connectivity index (χ1n) is 9.82. The van der Waals surface area contributed by atoms with Crippen LogP contribution in [0.3, 0.4) is 0 Å². The number of hydrogen-bond acceptors (Lipinski definition) is 3. The van der Waals surface area contributed by atoms with Crippen molar-refractivity contribution >= 4 is 19.9 Å². The van der Waals surface area contributed by atoms with E-state index in [2.05, 4.69) is 38.7 Å². The Bertz CT molecular complexity index is 684. The Kier molecular flexibility index (Phi) is 4.00. The summed E-state index contributed by atoms with van der Waals surface area (Å²) < 4.78 is 6.68. The van der Waals surface area contributed by atoms with Gasteiger partial charge in [0.05, 0.1) is 6.10 Å². The second-order valence-corrected chi connectivity index (χ2v) is 14.1. The molecule has 25 heavy (non-hydrogen) atoms. The van der Waals surface area contributed by atoms with Crippen molar-refractivity contribution in [3.05, 3.63) is 23.3 Å². The Morgan fingerprint density at radius 2 is 1.92 bits per heavy atom. The van der Waals surface area contributed by atoms with Gasteiger partial charge in [-0.3, -0.25) is 9.59 Å². The van der Waals surface area contributed by atoms with Crippen molar-refractivity contribution < 1.29 is 14.0 Å². The molecule has 2 fully saturated rings. The minimum Gasteiger partial charge on any atom is -0.414 e. The topological polar surface area (TPSA) is 43.4 Å². The van der Waals surface area contributed by atoms with Crippen LogP contribution in [0, 0.1) is 23.2 Å². The first kappa shape index (κ1) is 17.4. The Hall–Kier alpha value is -1.00. The molecule has 0 bridgehead atoms. The van der Waals surface area contributed by atoms with Gasteiger partial charge in [0, 0.05) is 30.6 Å². The molecule has 5 atom stereocenters. The molecule has 0 spiro atoms. The van der Waals surface area contributed by atoms with E-state index in [-0.39, 0.29) is 11.5 Å². The lowest BCUT2D eigenvalue weighted by Gasteiger charge is -2.52. The van der Waals surface area contributed by atoms with Gasteiger partial charge < -0.3 is 4.43 Å². The largest absolute Gasteiger partial charge is 0.414 e. The number of carbonyl (C=O) groups excluding carboxylic acids is 2.